The fraction of sp³-hybridized carbons (Fsp3) is 0.688. The Bertz CT molecular complexity index is 322. The molecule has 0 unspecified atom stereocenters. The number of carbonyl (C=O) groups is 1. The molecular weight excluding hydrogens is 224 g/mol. The predicted octanol–water partition coefficient (Wildman–Crippen LogP) is 4.00. The Hall–Kier alpha value is -1.41. The van der Waals surface area contributed by atoms with Gasteiger partial charge in [0.15, 0.2) is 0 Å². The summed E-state index contributed by atoms with van der Waals surface area (Å²) in [5.41, 5.74) is 0. The van der Waals surface area contributed by atoms with Gasteiger partial charge in [-0.05, 0) is 6.42 Å². The van der Waals surface area contributed by atoms with Crippen LogP contribution in [0.3, 0.4) is 0 Å². The highest BCUT2D eigenvalue weighted by molar-refractivity contribution is 5.66. The highest BCUT2D eigenvalue weighted by Crippen LogP contribution is 2.03. The summed E-state index contributed by atoms with van der Waals surface area (Å²) in [6, 6.07) is 0. The number of hydrogen-bond acceptors (Lipinski definition) is 1. The fourth-order valence-corrected chi connectivity index (χ4v) is 1.46. The minimum absolute atomic E-state index is 0.135. The molecule has 0 spiro atoms. The number of rotatable bonds is 8. The van der Waals surface area contributed by atoms with Crippen molar-refractivity contribution in [3.63, 3.8) is 0 Å². The lowest BCUT2D eigenvalue weighted by Crippen LogP contribution is -1.91. The van der Waals surface area contributed by atoms with Crippen LogP contribution in [0.1, 0.15) is 71.1 Å². The number of carboxylic acids is 1. The maximum Gasteiger partial charge on any atom is 0.304 e. The largest absolute Gasteiger partial charge is 0.481 e. The van der Waals surface area contributed by atoms with E-state index in [-0.39, 0.29) is 6.42 Å². The Balaban J connectivity index is 3.30. The van der Waals surface area contributed by atoms with Gasteiger partial charge in [0.05, 0.1) is 6.42 Å². The van der Waals surface area contributed by atoms with Crippen LogP contribution in [0.4, 0.5) is 0 Å². The van der Waals surface area contributed by atoms with E-state index in [2.05, 4.69) is 30.6 Å². The van der Waals surface area contributed by atoms with Crippen LogP contribution in [-0.4, -0.2) is 11.1 Å². The van der Waals surface area contributed by atoms with Crippen molar-refractivity contribution in [2.45, 2.75) is 71.1 Å². The van der Waals surface area contributed by atoms with Gasteiger partial charge in [-0.2, -0.15) is 0 Å². The molecule has 0 saturated heterocycles. The molecule has 0 bridgehead atoms. The first kappa shape index (κ1) is 16.6. The highest BCUT2D eigenvalue weighted by Gasteiger charge is 1.90. The molecule has 1 N–H and O–H groups in total. The first-order valence-electron chi connectivity index (χ1n) is 6.90. The van der Waals surface area contributed by atoms with Gasteiger partial charge in [0.25, 0.3) is 0 Å². The van der Waals surface area contributed by atoms with Gasteiger partial charge in [-0.25, -0.2) is 0 Å². The fourth-order valence-electron chi connectivity index (χ4n) is 1.46. The first-order chi connectivity index (χ1) is 8.77. The summed E-state index contributed by atoms with van der Waals surface area (Å²) in [5, 5.41) is 8.40. The van der Waals surface area contributed by atoms with E-state index in [4.69, 9.17) is 5.11 Å². The molecule has 0 aliphatic heterocycles. The molecule has 18 heavy (non-hydrogen) atoms. The monoisotopic (exact) mass is 248 g/mol. The SMILES string of the molecule is CCCCCCCC#CCCC#CCCC(=O)O. The number of hydrogen-bond donors (Lipinski definition) is 1. The second-order valence-electron chi connectivity index (χ2n) is 4.27. The molecule has 0 heterocycles. The zero-order chi connectivity index (χ0) is 13.5. The molecular formula is C16H24O2. The van der Waals surface area contributed by atoms with Crippen LogP contribution in [0.15, 0.2) is 0 Å². The molecule has 0 atom stereocenters. The average molecular weight is 248 g/mol. The molecule has 0 radical (unpaired) electrons. The molecule has 0 fully saturated rings. The molecule has 0 saturated carbocycles. The van der Waals surface area contributed by atoms with Gasteiger partial charge in [-0.15, -0.1) is 23.7 Å². The Kier molecular flexibility index (Phi) is 12.6. The molecule has 0 amide bonds. The molecule has 100 valence electrons. The van der Waals surface area contributed by atoms with Gasteiger partial charge in [-0.3, -0.25) is 4.79 Å². The molecule has 0 aliphatic carbocycles. The summed E-state index contributed by atoms with van der Waals surface area (Å²) in [4.78, 5) is 10.2. The molecule has 2 heteroatoms. The van der Waals surface area contributed by atoms with Gasteiger partial charge in [-0.1, -0.05) is 32.6 Å². The van der Waals surface area contributed by atoms with Crippen molar-refractivity contribution in [2.75, 3.05) is 0 Å². The standard InChI is InChI=1S/C16H24O2/c1-2-3-4-5-6-7-8-9-10-11-12-13-14-15-16(17)18/h2-7,10-11,14-15H2,1H3,(H,17,18). The van der Waals surface area contributed by atoms with Crippen molar-refractivity contribution in [1.29, 1.82) is 0 Å². The van der Waals surface area contributed by atoms with E-state index >= 15 is 0 Å². The third-order valence-corrected chi connectivity index (χ3v) is 2.49. The Morgan fingerprint density at radius 1 is 0.833 bits per heavy atom. The van der Waals surface area contributed by atoms with Crippen LogP contribution >= 0.6 is 0 Å². The highest BCUT2D eigenvalue weighted by atomic mass is 16.4. The van der Waals surface area contributed by atoms with E-state index in [1.54, 1.807) is 0 Å². The summed E-state index contributed by atoms with van der Waals surface area (Å²) in [5.74, 6) is 11.3. The van der Waals surface area contributed by atoms with E-state index in [1.807, 2.05) is 0 Å². The summed E-state index contributed by atoms with van der Waals surface area (Å²) < 4.78 is 0. The van der Waals surface area contributed by atoms with Crippen LogP contribution in [0.25, 0.3) is 0 Å². The van der Waals surface area contributed by atoms with E-state index in [0.717, 1.165) is 19.3 Å². The lowest BCUT2D eigenvalue weighted by Gasteiger charge is -1.94. The van der Waals surface area contributed by atoms with Crippen molar-refractivity contribution in [3.8, 4) is 23.7 Å². The van der Waals surface area contributed by atoms with Crippen LogP contribution in [0.5, 0.6) is 0 Å². The van der Waals surface area contributed by atoms with E-state index in [1.165, 1.54) is 32.1 Å². The summed E-state index contributed by atoms with van der Waals surface area (Å²) in [7, 11) is 0. The average Bonchev–Trinajstić information content (AvgIpc) is 2.34. The normalized spacial score (nSPS) is 8.94. The van der Waals surface area contributed by atoms with Gasteiger partial charge < -0.3 is 5.11 Å². The third-order valence-electron chi connectivity index (χ3n) is 2.49. The molecule has 0 aromatic rings. The Morgan fingerprint density at radius 2 is 1.39 bits per heavy atom. The molecule has 0 aromatic heterocycles. The smallest absolute Gasteiger partial charge is 0.304 e. The summed E-state index contributed by atoms with van der Waals surface area (Å²) in [6.07, 6.45) is 9.57. The van der Waals surface area contributed by atoms with Crippen molar-refractivity contribution < 1.29 is 9.90 Å². The van der Waals surface area contributed by atoms with E-state index in [0.29, 0.717) is 6.42 Å². The Morgan fingerprint density at radius 3 is 2.00 bits per heavy atom. The maximum atomic E-state index is 10.2. The van der Waals surface area contributed by atoms with Gasteiger partial charge in [0.2, 0.25) is 0 Å². The zero-order valence-corrected chi connectivity index (χ0v) is 11.4. The van der Waals surface area contributed by atoms with Crippen LogP contribution in [0, 0.1) is 23.7 Å². The topological polar surface area (TPSA) is 37.3 Å². The third kappa shape index (κ3) is 14.6. The van der Waals surface area contributed by atoms with Crippen molar-refractivity contribution >= 4 is 5.97 Å². The lowest BCUT2D eigenvalue weighted by atomic mass is 10.1. The first-order valence-corrected chi connectivity index (χ1v) is 6.90. The quantitative estimate of drug-likeness (QED) is 0.521. The van der Waals surface area contributed by atoms with Gasteiger partial charge >= 0.3 is 5.97 Å². The number of unbranched alkanes of at least 4 members (excludes halogenated alkanes) is 6. The minimum atomic E-state index is -0.785. The molecule has 0 aromatic carbocycles. The number of carboxylic acid groups (broad SMARTS) is 1. The second kappa shape index (κ2) is 13.7. The maximum absolute atomic E-state index is 10.2. The zero-order valence-electron chi connectivity index (χ0n) is 11.4. The number of aliphatic carboxylic acids is 1. The molecule has 0 aliphatic rings. The lowest BCUT2D eigenvalue weighted by molar-refractivity contribution is -0.136. The summed E-state index contributed by atoms with van der Waals surface area (Å²) >= 11 is 0. The molecule has 2 nitrogen and oxygen atoms in total. The Labute approximate surface area is 111 Å². The van der Waals surface area contributed by atoms with Crippen LogP contribution in [-0.2, 0) is 4.79 Å². The van der Waals surface area contributed by atoms with Crippen molar-refractivity contribution in [1.82, 2.24) is 0 Å². The van der Waals surface area contributed by atoms with Crippen molar-refractivity contribution in [3.05, 3.63) is 0 Å². The van der Waals surface area contributed by atoms with Gasteiger partial charge in [0.1, 0.15) is 0 Å². The predicted molar refractivity (Wildman–Crippen MR) is 75.0 cm³/mol. The van der Waals surface area contributed by atoms with E-state index < -0.39 is 5.97 Å². The van der Waals surface area contributed by atoms with E-state index in [9.17, 15) is 4.79 Å². The van der Waals surface area contributed by atoms with Crippen molar-refractivity contribution in [2.24, 2.45) is 0 Å². The minimum Gasteiger partial charge on any atom is -0.481 e. The second-order valence-corrected chi connectivity index (χ2v) is 4.27. The van der Waals surface area contributed by atoms with Gasteiger partial charge in [0, 0.05) is 25.7 Å². The summed E-state index contributed by atoms with van der Waals surface area (Å²) in [6.45, 7) is 2.22. The van der Waals surface area contributed by atoms with Crippen LogP contribution in [0.2, 0.25) is 0 Å². The molecule has 0 rings (SSSR count). The van der Waals surface area contributed by atoms with Crippen LogP contribution < -0.4 is 0 Å².